The van der Waals surface area contributed by atoms with Crippen molar-refractivity contribution >= 4 is 34.8 Å². The van der Waals surface area contributed by atoms with E-state index in [0.717, 1.165) is 5.01 Å². The smallest absolute Gasteiger partial charge is 0.269 e. The molecule has 25 heavy (non-hydrogen) atoms. The van der Waals surface area contributed by atoms with Gasteiger partial charge in [0.15, 0.2) is 0 Å². The first-order valence-corrected chi connectivity index (χ1v) is 7.72. The number of alkyl halides is 1. The summed E-state index contributed by atoms with van der Waals surface area (Å²) < 4.78 is 0. The molecular formula is C16H14ClN4O4-. The molecule has 2 amide bonds. The van der Waals surface area contributed by atoms with Crippen molar-refractivity contribution in [3.63, 3.8) is 0 Å². The first kappa shape index (κ1) is 17.0. The summed E-state index contributed by atoms with van der Waals surface area (Å²) in [5, 5.41) is 19.7. The van der Waals surface area contributed by atoms with Crippen LogP contribution in [0.15, 0.2) is 48.5 Å². The van der Waals surface area contributed by atoms with Gasteiger partial charge in [0.25, 0.3) is 11.8 Å². The van der Waals surface area contributed by atoms with Crippen molar-refractivity contribution in [1.82, 2.24) is 10.4 Å². The van der Waals surface area contributed by atoms with Crippen LogP contribution in [0.3, 0.4) is 0 Å². The number of nitrogens with two attached hydrogens (primary N) is 1. The van der Waals surface area contributed by atoms with E-state index in [-0.39, 0.29) is 10.9 Å². The second kappa shape index (κ2) is 6.60. The highest BCUT2D eigenvalue weighted by Crippen LogP contribution is 2.37. The summed E-state index contributed by atoms with van der Waals surface area (Å²) in [6, 6.07) is 11.5. The van der Waals surface area contributed by atoms with Crippen molar-refractivity contribution < 1.29 is 14.8 Å². The van der Waals surface area contributed by atoms with Crippen molar-refractivity contribution in [1.29, 1.82) is 0 Å². The van der Waals surface area contributed by atoms with Crippen molar-refractivity contribution in [3.05, 3.63) is 64.9 Å². The minimum atomic E-state index is -0.838. The molecule has 2 aromatic rings. The van der Waals surface area contributed by atoms with Gasteiger partial charge in [0.2, 0.25) is 0 Å². The standard InChI is InChI=1S/C16H14ClN4O4/c17-13-14(9-3-7-12(8-4-9)21(24)25)20(16(13)23)19-15(22)10-1-5-11(18)6-2-10/h1-8,13-14,24H,18H2,(H,19,22)/q-1. The molecule has 1 saturated heterocycles. The monoisotopic (exact) mass is 361 g/mol. The number of rotatable bonds is 4. The zero-order valence-corrected chi connectivity index (χ0v) is 13.6. The van der Waals surface area contributed by atoms with E-state index in [2.05, 4.69) is 5.43 Å². The number of nitrogens with one attached hydrogen (secondary N) is 1. The largest absolute Gasteiger partial charge is 0.733 e. The molecule has 0 aromatic heterocycles. The molecular weight excluding hydrogens is 348 g/mol. The van der Waals surface area contributed by atoms with E-state index in [4.69, 9.17) is 22.5 Å². The van der Waals surface area contributed by atoms with E-state index < -0.39 is 23.2 Å². The highest BCUT2D eigenvalue weighted by Gasteiger charge is 2.48. The van der Waals surface area contributed by atoms with Crippen LogP contribution in [-0.4, -0.2) is 27.4 Å². The molecule has 8 nitrogen and oxygen atoms in total. The van der Waals surface area contributed by atoms with Gasteiger partial charge in [0.1, 0.15) is 11.4 Å². The van der Waals surface area contributed by atoms with Crippen molar-refractivity contribution in [3.8, 4) is 0 Å². The lowest BCUT2D eigenvalue weighted by atomic mass is 9.95. The van der Waals surface area contributed by atoms with Crippen LogP contribution in [-0.2, 0) is 4.79 Å². The minimum absolute atomic E-state index is 0.0398. The zero-order valence-electron chi connectivity index (χ0n) is 12.8. The summed E-state index contributed by atoms with van der Waals surface area (Å²) in [5.74, 6) is -0.910. The topological polar surface area (TPSA) is 122 Å². The third-order valence-electron chi connectivity index (χ3n) is 3.88. The van der Waals surface area contributed by atoms with Crippen LogP contribution in [0.4, 0.5) is 11.4 Å². The summed E-state index contributed by atoms with van der Waals surface area (Å²) in [5.41, 5.74) is 9.61. The van der Waals surface area contributed by atoms with Crippen LogP contribution in [0.25, 0.3) is 0 Å². The van der Waals surface area contributed by atoms with Crippen LogP contribution in [0.5, 0.6) is 0 Å². The van der Waals surface area contributed by atoms with Crippen molar-refractivity contribution in [2.75, 3.05) is 11.0 Å². The molecule has 9 heteroatoms. The zero-order chi connectivity index (χ0) is 18.1. The Bertz CT molecular complexity index is 795. The van der Waals surface area contributed by atoms with Crippen molar-refractivity contribution in [2.45, 2.75) is 11.4 Å². The fraction of sp³-hybridized carbons (Fsp3) is 0.125. The van der Waals surface area contributed by atoms with Gasteiger partial charge in [-0.15, -0.1) is 11.6 Å². The SMILES string of the molecule is Nc1ccc(C(=O)NN2C(=O)C(Cl)C2c2ccc(N([O-])O)cc2)cc1. The lowest BCUT2D eigenvalue weighted by Gasteiger charge is -2.44. The van der Waals surface area contributed by atoms with Gasteiger partial charge in [-0.25, -0.2) is 5.01 Å². The van der Waals surface area contributed by atoms with Crippen LogP contribution in [0.1, 0.15) is 22.0 Å². The molecule has 1 aliphatic heterocycles. The Kier molecular flexibility index (Phi) is 4.49. The fourth-order valence-electron chi connectivity index (χ4n) is 2.50. The number of hydrogen-bond acceptors (Lipinski definition) is 6. The number of benzene rings is 2. The highest BCUT2D eigenvalue weighted by molar-refractivity contribution is 6.33. The van der Waals surface area contributed by atoms with Gasteiger partial charge in [-0.1, -0.05) is 12.1 Å². The molecule has 1 aliphatic rings. The molecule has 1 fully saturated rings. The molecule has 0 radical (unpaired) electrons. The Hall–Kier alpha value is -2.81. The Morgan fingerprint density at radius 3 is 2.36 bits per heavy atom. The van der Waals surface area contributed by atoms with Gasteiger partial charge in [0, 0.05) is 11.3 Å². The number of hydrogen-bond donors (Lipinski definition) is 3. The number of carbonyl (C=O) groups excluding carboxylic acids is 2. The average Bonchev–Trinajstić information content (AvgIpc) is 2.61. The molecule has 0 bridgehead atoms. The Balaban J connectivity index is 1.76. The van der Waals surface area contributed by atoms with Crippen LogP contribution < -0.4 is 16.4 Å². The van der Waals surface area contributed by atoms with Gasteiger partial charge in [-0.2, -0.15) is 0 Å². The predicted octanol–water partition coefficient (Wildman–Crippen LogP) is 1.80. The maximum absolute atomic E-state index is 12.3. The van der Waals surface area contributed by atoms with E-state index in [0.29, 0.717) is 16.8 Å². The van der Waals surface area contributed by atoms with Crippen LogP contribution >= 0.6 is 11.6 Å². The van der Waals surface area contributed by atoms with Crippen LogP contribution in [0.2, 0.25) is 0 Å². The number of halogens is 1. The van der Waals surface area contributed by atoms with Gasteiger partial charge in [-0.05, 0) is 42.0 Å². The summed E-state index contributed by atoms with van der Waals surface area (Å²) in [6.07, 6.45) is 0. The predicted molar refractivity (Wildman–Crippen MR) is 91.6 cm³/mol. The van der Waals surface area contributed by atoms with Crippen LogP contribution in [0, 0.1) is 5.21 Å². The summed E-state index contributed by atoms with van der Waals surface area (Å²) in [4.78, 5) is 24.3. The molecule has 3 rings (SSSR count). The van der Waals surface area contributed by atoms with E-state index in [9.17, 15) is 14.8 Å². The Morgan fingerprint density at radius 2 is 1.80 bits per heavy atom. The molecule has 2 unspecified atom stereocenters. The minimum Gasteiger partial charge on any atom is -0.733 e. The van der Waals surface area contributed by atoms with Crippen molar-refractivity contribution in [2.24, 2.45) is 0 Å². The summed E-state index contributed by atoms with van der Waals surface area (Å²) in [7, 11) is 0. The van der Waals surface area contributed by atoms with Gasteiger partial charge in [0.05, 0.1) is 5.69 Å². The Morgan fingerprint density at radius 1 is 1.20 bits per heavy atom. The molecule has 130 valence electrons. The number of carbonyl (C=O) groups is 2. The highest BCUT2D eigenvalue weighted by atomic mass is 35.5. The van der Waals surface area contributed by atoms with Gasteiger partial charge >= 0.3 is 0 Å². The number of nitrogen functional groups attached to an aromatic ring is 1. The number of nitrogens with zero attached hydrogens (tertiary/aromatic N) is 2. The van der Waals surface area contributed by atoms with Gasteiger partial charge in [-0.3, -0.25) is 20.2 Å². The Labute approximate surface area is 147 Å². The third kappa shape index (κ3) is 3.22. The number of amides is 2. The molecule has 0 spiro atoms. The number of anilines is 2. The maximum Gasteiger partial charge on any atom is 0.269 e. The van der Waals surface area contributed by atoms with E-state index in [1.165, 1.54) is 12.1 Å². The van der Waals surface area contributed by atoms with Gasteiger partial charge < -0.3 is 16.2 Å². The first-order valence-electron chi connectivity index (χ1n) is 7.28. The number of β-lactam (4-membered cyclic amide) rings is 1. The summed E-state index contributed by atoms with van der Waals surface area (Å²) in [6.45, 7) is 0. The molecule has 0 aliphatic carbocycles. The molecule has 0 saturated carbocycles. The van der Waals surface area contributed by atoms with E-state index in [1.54, 1.807) is 36.4 Å². The summed E-state index contributed by atoms with van der Waals surface area (Å²) >= 11 is 6.07. The lowest BCUT2D eigenvalue weighted by Crippen LogP contribution is -2.63. The number of hydrazine groups is 1. The van der Waals surface area contributed by atoms with E-state index in [1.807, 2.05) is 0 Å². The quantitative estimate of drug-likeness (QED) is 0.330. The molecule has 4 N–H and O–H groups in total. The lowest BCUT2D eigenvalue weighted by molar-refractivity contribution is -0.149. The molecule has 2 aromatic carbocycles. The molecule has 2 atom stereocenters. The third-order valence-corrected chi connectivity index (χ3v) is 4.30. The average molecular weight is 362 g/mol. The second-order valence-electron chi connectivity index (χ2n) is 5.48. The maximum atomic E-state index is 12.3. The van der Waals surface area contributed by atoms with E-state index >= 15 is 0 Å². The normalized spacial score (nSPS) is 19.3. The second-order valence-corrected chi connectivity index (χ2v) is 5.95. The first-order chi connectivity index (χ1) is 11.9. The molecule has 1 heterocycles. The fourth-order valence-corrected chi connectivity index (χ4v) is 2.87.